The molecule has 4 heteroatoms. The fraction of sp³-hybridized carbons (Fsp3) is 0.0312. The van der Waals surface area contributed by atoms with Gasteiger partial charge in [0.05, 0.1) is 0 Å². The predicted molar refractivity (Wildman–Crippen MR) is 146 cm³/mol. The lowest BCUT2D eigenvalue weighted by atomic mass is 9.96. The van der Waals surface area contributed by atoms with Crippen molar-refractivity contribution < 1.29 is 5.11 Å². The summed E-state index contributed by atoms with van der Waals surface area (Å²) in [5.74, 6) is 2.14. The Morgan fingerprint density at radius 2 is 1.25 bits per heavy atom. The highest BCUT2D eigenvalue weighted by molar-refractivity contribution is 5.99. The first kappa shape index (κ1) is 21.7. The second-order valence-corrected chi connectivity index (χ2v) is 8.62. The van der Waals surface area contributed by atoms with Gasteiger partial charge in [-0.3, -0.25) is 0 Å². The summed E-state index contributed by atoms with van der Waals surface area (Å²) in [6, 6.07) is 29.7. The summed E-state index contributed by atoms with van der Waals surface area (Å²) in [6.45, 7) is 0. The van der Waals surface area contributed by atoms with Gasteiger partial charge in [-0.2, -0.15) is 0 Å². The van der Waals surface area contributed by atoms with Crippen molar-refractivity contribution in [2.75, 3.05) is 0 Å². The molecule has 4 nitrogen and oxygen atoms in total. The topological polar surface area (TPSA) is 58.9 Å². The van der Waals surface area contributed by atoms with E-state index in [4.69, 9.17) is 15.0 Å². The van der Waals surface area contributed by atoms with Gasteiger partial charge >= 0.3 is 0 Å². The van der Waals surface area contributed by atoms with E-state index in [2.05, 4.69) is 24.3 Å². The van der Waals surface area contributed by atoms with Crippen molar-refractivity contribution >= 4 is 16.3 Å². The summed E-state index contributed by atoms with van der Waals surface area (Å²) in [7, 11) is 0. The second kappa shape index (κ2) is 9.43. The van der Waals surface area contributed by atoms with Crippen LogP contribution in [0.5, 0.6) is 5.75 Å². The lowest BCUT2D eigenvalue weighted by Crippen LogP contribution is -2.02. The molecule has 1 aliphatic carbocycles. The van der Waals surface area contributed by atoms with Crippen molar-refractivity contribution in [3.63, 3.8) is 0 Å². The Morgan fingerprint density at radius 3 is 2.06 bits per heavy atom. The van der Waals surface area contributed by atoms with Gasteiger partial charge in [-0.25, -0.2) is 15.0 Å². The fourth-order valence-electron chi connectivity index (χ4n) is 4.43. The van der Waals surface area contributed by atoms with E-state index in [1.54, 1.807) is 6.07 Å². The summed E-state index contributed by atoms with van der Waals surface area (Å²) in [6.07, 6.45) is 11.2. The zero-order chi connectivity index (χ0) is 24.3. The van der Waals surface area contributed by atoms with Crippen LogP contribution in [0, 0.1) is 0 Å². The molecule has 1 N–H and O–H groups in total. The van der Waals surface area contributed by atoms with Gasteiger partial charge in [-0.05, 0) is 28.8 Å². The molecule has 6 rings (SSSR count). The van der Waals surface area contributed by atoms with Gasteiger partial charge in [-0.15, -0.1) is 0 Å². The third kappa shape index (κ3) is 4.21. The zero-order valence-electron chi connectivity index (χ0n) is 19.5. The molecule has 172 valence electrons. The molecule has 0 amide bonds. The number of nitrogens with zero attached hydrogens (tertiary/aromatic N) is 3. The Hall–Kier alpha value is -4.83. The Bertz CT molecular complexity index is 1650. The summed E-state index contributed by atoms with van der Waals surface area (Å²) in [5, 5.41) is 12.8. The lowest BCUT2D eigenvalue weighted by Gasteiger charge is -2.11. The first-order chi connectivity index (χ1) is 17.8. The summed E-state index contributed by atoms with van der Waals surface area (Å²) >= 11 is 0. The number of hydrogen-bond donors (Lipinski definition) is 1. The van der Waals surface area contributed by atoms with Gasteiger partial charge in [0.15, 0.2) is 17.5 Å². The van der Waals surface area contributed by atoms with E-state index in [0.29, 0.717) is 17.5 Å². The number of aromatic hydroxyl groups is 1. The standard InChI is InChI=1S/C32H23N3O/c36-28-21-20-22-10-8-9-15-27(22)29(28)23-16-18-26(19-17-23)32-34-30(24-11-4-1-2-5-12-24)33-31(35-32)25-13-6-3-7-14-25/h1,3-21,36H,2H2. The van der Waals surface area contributed by atoms with Crippen LogP contribution in [0.1, 0.15) is 12.2 Å². The molecule has 36 heavy (non-hydrogen) atoms. The summed E-state index contributed by atoms with van der Waals surface area (Å²) in [4.78, 5) is 14.5. The molecule has 1 aliphatic rings. The normalized spacial score (nSPS) is 12.9. The van der Waals surface area contributed by atoms with Crippen LogP contribution < -0.4 is 0 Å². The molecule has 5 aromatic rings. The molecule has 0 aliphatic heterocycles. The SMILES string of the molecule is Oc1ccc2ccccc2c1-c1ccc(-c2nc(C3=CC=CCC=C3)nc(-c3ccccc3)n2)cc1. The maximum absolute atomic E-state index is 10.7. The van der Waals surface area contributed by atoms with E-state index in [1.165, 1.54) is 0 Å². The van der Waals surface area contributed by atoms with Gasteiger partial charge in [0.2, 0.25) is 0 Å². The van der Waals surface area contributed by atoms with Crippen LogP contribution >= 0.6 is 0 Å². The largest absolute Gasteiger partial charge is 0.507 e. The van der Waals surface area contributed by atoms with Gasteiger partial charge in [0.25, 0.3) is 0 Å². The first-order valence-electron chi connectivity index (χ1n) is 11.9. The van der Waals surface area contributed by atoms with Crippen LogP contribution in [0.3, 0.4) is 0 Å². The first-order valence-corrected chi connectivity index (χ1v) is 11.9. The van der Waals surface area contributed by atoms with Crippen LogP contribution in [-0.4, -0.2) is 20.1 Å². The highest BCUT2D eigenvalue weighted by atomic mass is 16.3. The Kier molecular flexibility index (Phi) is 5.68. The summed E-state index contributed by atoms with van der Waals surface area (Å²) < 4.78 is 0. The molecule has 0 saturated heterocycles. The zero-order valence-corrected chi connectivity index (χ0v) is 19.5. The van der Waals surface area contributed by atoms with Gasteiger partial charge in [-0.1, -0.05) is 115 Å². The van der Waals surface area contributed by atoms with Gasteiger partial charge in [0.1, 0.15) is 5.75 Å². The molecule has 0 radical (unpaired) electrons. The van der Waals surface area contributed by atoms with Gasteiger partial charge < -0.3 is 5.11 Å². The number of phenolic OH excluding ortho intramolecular Hbond substituents is 1. The predicted octanol–water partition coefficient (Wildman–Crippen LogP) is 7.63. The molecule has 0 unspecified atom stereocenters. The van der Waals surface area contributed by atoms with E-state index < -0.39 is 0 Å². The molecule has 0 spiro atoms. The molecular weight excluding hydrogens is 442 g/mol. The van der Waals surface area contributed by atoms with E-state index in [1.807, 2.05) is 91.0 Å². The molecular formula is C32H23N3O. The summed E-state index contributed by atoms with van der Waals surface area (Å²) in [5.41, 5.74) is 4.52. The van der Waals surface area contributed by atoms with E-state index >= 15 is 0 Å². The monoisotopic (exact) mass is 465 g/mol. The highest BCUT2D eigenvalue weighted by Crippen LogP contribution is 2.37. The van der Waals surface area contributed by atoms with E-state index in [0.717, 1.165) is 45.0 Å². The van der Waals surface area contributed by atoms with Crippen LogP contribution in [0.25, 0.3) is 50.2 Å². The smallest absolute Gasteiger partial charge is 0.164 e. The van der Waals surface area contributed by atoms with Crippen molar-refractivity contribution in [1.29, 1.82) is 0 Å². The minimum Gasteiger partial charge on any atom is -0.507 e. The molecule has 1 heterocycles. The average molecular weight is 466 g/mol. The number of aromatic nitrogens is 3. The van der Waals surface area contributed by atoms with Crippen molar-refractivity contribution in [2.24, 2.45) is 0 Å². The Labute approximate surface area is 209 Å². The molecule has 0 fully saturated rings. The van der Waals surface area contributed by atoms with E-state index in [-0.39, 0.29) is 5.75 Å². The second-order valence-electron chi connectivity index (χ2n) is 8.62. The third-order valence-corrected chi connectivity index (χ3v) is 6.25. The molecule has 0 saturated carbocycles. The number of hydrogen-bond acceptors (Lipinski definition) is 4. The number of benzene rings is 4. The molecule has 0 bridgehead atoms. The van der Waals surface area contributed by atoms with Crippen molar-refractivity contribution in [1.82, 2.24) is 15.0 Å². The number of phenols is 1. The molecule has 1 aromatic heterocycles. The van der Waals surface area contributed by atoms with Crippen molar-refractivity contribution in [2.45, 2.75) is 6.42 Å². The van der Waals surface area contributed by atoms with Crippen LogP contribution in [-0.2, 0) is 0 Å². The number of fused-ring (bicyclic) bond motifs is 1. The molecule has 4 aromatic carbocycles. The fourth-order valence-corrected chi connectivity index (χ4v) is 4.43. The van der Waals surface area contributed by atoms with Crippen molar-refractivity contribution in [3.05, 3.63) is 127 Å². The van der Waals surface area contributed by atoms with Crippen LogP contribution in [0.4, 0.5) is 0 Å². The quantitative estimate of drug-likeness (QED) is 0.296. The van der Waals surface area contributed by atoms with Crippen LogP contribution in [0.15, 0.2) is 121 Å². The minimum atomic E-state index is 0.260. The highest BCUT2D eigenvalue weighted by Gasteiger charge is 2.14. The Morgan fingerprint density at radius 1 is 0.583 bits per heavy atom. The average Bonchev–Trinajstić information content (AvgIpc) is 3.23. The maximum Gasteiger partial charge on any atom is 0.164 e. The van der Waals surface area contributed by atoms with E-state index in [9.17, 15) is 5.11 Å². The third-order valence-electron chi connectivity index (χ3n) is 6.25. The van der Waals surface area contributed by atoms with Gasteiger partial charge in [0, 0.05) is 22.3 Å². The maximum atomic E-state index is 10.7. The Balaban J connectivity index is 1.46. The van der Waals surface area contributed by atoms with Crippen molar-refractivity contribution in [3.8, 4) is 39.7 Å². The minimum absolute atomic E-state index is 0.260. The molecule has 0 atom stereocenters. The van der Waals surface area contributed by atoms with Crippen LogP contribution in [0.2, 0.25) is 0 Å². The number of rotatable bonds is 4. The number of allylic oxidation sites excluding steroid dienone is 6. The lowest BCUT2D eigenvalue weighted by molar-refractivity contribution is 0.478.